The number of nitrogens with zero attached hydrogens (tertiary/aromatic N) is 2. The van der Waals surface area contributed by atoms with Crippen molar-refractivity contribution in [3.8, 4) is 0 Å². The number of likely N-dealkylation sites (N-methyl/N-ethyl adjacent to an activating group) is 1. The van der Waals surface area contributed by atoms with Crippen LogP contribution in [-0.2, 0) is 9.53 Å². The molecular weight excluding hydrogens is 230 g/mol. The molecule has 2 saturated heterocycles. The third-order valence-electron chi connectivity index (χ3n) is 4.01. The van der Waals surface area contributed by atoms with E-state index in [-0.39, 0.29) is 5.91 Å². The minimum Gasteiger partial charge on any atom is -0.381 e. The lowest BCUT2D eigenvalue weighted by Gasteiger charge is -2.34. The third kappa shape index (κ3) is 3.67. The largest absolute Gasteiger partial charge is 0.381 e. The van der Waals surface area contributed by atoms with Crippen LogP contribution in [0.5, 0.6) is 0 Å². The summed E-state index contributed by atoms with van der Waals surface area (Å²) in [7, 11) is 4.05. The van der Waals surface area contributed by atoms with Crippen LogP contribution in [0, 0.1) is 0 Å². The average Bonchev–Trinajstić information content (AvgIpc) is 2.39. The Kier molecular flexibility index (Phi) is 4.97. The zero-order valence-electron chi connectivity index (χ0n) is 11.5. The van der Waals surface area contributed by atoms with E-state index < -0.39 is 0 Å². The van der Waals surface area contributed by atoms with Crippen molar-refractivity contribution in [3.63, 3.8) is 0 Å². The van der Waals surface area contributed by atoms with E-state index in [1.165, 1.54) is 0 Å². The molecule has 2 fully saturated rings. The van der Waals surface area contributed by atoms with E-state index in [2.05, 4.69) is 17.3 Å². The summed E-state index contributed by atoms with van der Waals surface area (Å²) in [5.41, 5.74) is 0. The quantitative estimate of drug-likeness (QED) is 0.766. The highest BCUT2D eigenvalue weighted by Crippen LogP contribution is 2.14. The molecular formula is C13H25N3O2. The normalized spacial score (nSPS) is 27.1. The fraction of sp³-hybridized carbons (Fsp3) is 0.923. The maximum Gasteiger partial charge on any atom is 0.224 e. The minimum atomic E-state index is 0.259. The molecule has 5 heteroatoms. The Morgan fingerprint density at radius 3 is 2.83 bits per heavy atom. The van der Waals surface area contributed by atoms with Gasteiger partial charge >= 0.3 is 0 Å². The number of carbonyl (C=O) groups excluding carboxylic acids is 1. The van der Waals surface area contributed by atoms with Gasteiger partial charge in [-0.3, -0.25) is 4.79 Å². The van der Waals surface area contributed by atoms with Crippen molar-refractivity contribution >= 4 is 5.91 Å². The Hall–Kier alpha value is -0.650. The SMILES string of the molecule is CN1CCNC(CC(=O)N(C)C2CCOCC2)C1. The van der Waals surface area contributed by atoms with Gasteiger partial charge in [0, 0.05) is 58.4 Å². The van der Waals surface area contributed by atoms with Gasteiger partial charge in [0.2, 0.25) is 5.91 Å². The fourth-order valence-corrected chi connectivity index (χ4v) is 2.76. The predicted molar refractivity (Wildman–Crippen MR) is 70.5 cm³/mol. The summed E-state index contributed by atoms with van der Waals surface area (Å²) in [6, 6.07) is 0.672. The van der Waals surface area contributed by atoms with Gasteiger partial charge in [-0.15, -0.1) is 0 Å². The number of hydrogen-bond donors (Lipinski definition) is 1. The Bertz CT molecular complexity index is 279. The van der Waals surface area contributed by atoms with E-state index in [0.29, 0.717) is 18.5 Å². The van der Waals surface area contributed by atoms with Crippen LogP contribution < -0.4 is 5.32 Å². The van der Waals surface area contributed by atoms with E-state index in [4.69, 9.17) is 4.74 Å². The highest BCUT2D eigenvalue weighted by molar-refractivity contribution is 5.77. The molecule has 0 aromatic carbocycles. The summed E-state index contributed by atoms with van der Waals surface area (Å²) in [5.74, 6) is 0.259. The highest BCUT2D eigenvalue weighted by Gasteiger charge is 2.25. The lowest BCUT2D eigenvalue weighted by atomic mass is 10.1. The van der Waals surface area contributed by atoms with Crippen molar-refractivity contribution in [2.75, 3.05) is 46.9 Å². The van der Waals surface area contributed by atoms with E-state index in [1.54, 1.807) is 0 Å². The van der Waals surface area contributed by atoms with E-state index in [0.717, 1.165) is 45.7 Å². The molecule has 2 aliphatic heterocycles. The van der Waals surface area contributed by atoms with Gasteiger partial charge in [-0.1, -0.05) is 0 Å². The Balaban J connectivity index is 1.79. The van der Waals surface area contributed by atoms with Gasteiger partial charge in [0.25, 0.3) is 0 Å². The van der Waals surface area contributed by atoms with Crippen LogP contribution in [0.1, 0.15) is 19.3 Å². The zero-order valence-corrected chi connectivity index (χ0v) is 11.5. The van der Waals surface area contributed by atoms with Gasteiger partial charge in [0.05, 0.1) is 0 Å². The lowest BCUT2D eigenvalue weighted by molar-refractivity contribution is -0.134. The van der Waals surface area contributed by atoms with Crippen molar-refractivity contribution in [3.05, 3.63) is 0 Å². The molecule has 2 aliphatic rings. The molecule has 0 radical (unpaired) electrons. The van der Waals surface area contributed by atoms with E-state index >= 15 is 0 Å². The number of rotatable bonds is 3. The van der Waals surface area contributed by atoms with Gasteiger partial charge in [-0.05, 0) is 19.9 Å². The number of amides is 1. The number of carbonyl (C=O) groups is 1. The van der Waals surface area contributed by atoms with Gasteiger partial charge < -0.3 is 19.9 Å². The van der Waals surface area contributed by atoms with Crippen LogP contribution in [0.2, 0.25) is 0 Å². The first-order valence-corrected chi connectivity index (χ1v) is 6.92. The van der Waals surface area contributed by atoms with Crippen molar-refractivity contribution in [1.29, 1.82) is 0 Å². The van der Waals surface area contributed by atoms with Crippen LogP contribution in [0.3, 0.4) is 0 Å². The Morgan fingerprint density at radius 2 is 2.17 bits per heavy atom. The first-order valence-electron chi connectivity index (χ1n) is 6.92. The van der Waals surface area contributed by atoms with Crippen molar-refractivity contribution in [1.82, 2.24) is 15.1 Å². The van der Waals surface area contributed by atoms with Crippen LogP contribution in [0.4, 0.5) is 0 Å². The fourth-order valence-electron chi connectivity index (χ4n) is 2.76. The van der Waals surface area contributed by atoms with Crippen molar-refractivity contribution in [2.24, 2.45) is 0 Å². The molecule has 2 heterocycles. The maximum absolute atomic E-state index is 12.2. The number of hydrogen-bond acceptors (Lipinski definition) is 4. The molecule has 104 valence electrons. The summed E-state index contributed by atoms with van der Waals surface area (Å²) in [4.78, 5) is 16.5. The third-order valence-corrected chi connectivity index (χ3v) is 4.01. The molecule has 0 aliphatic carbocycles. The molecule has 1 unspecified atom stereocenters. The summed E-state index contributed by atoms with van der Waals surface area (Å²) < 4.78 is 5.34. The van der Waals surface area contributed by atoms with Gasteiger partial charge in [0.15, 0.2) is 0 Å². The topological polar surface area (TPSA) is 44.8 Å². The van der Waals surface area contributed by atoms with E-state index in [1.807, 2.05) is 11.9 Å². The molecule has 2 rings (SSSR count). The van der Waals surface area contributed by atoms with E-state index in [9.17, 15) is 4.79 Å². The standard InChI is InChI=1S/C13H25N3O2/c1-15-6-5-14-11(10-15)9-13(17)16(2)12-3-7-18-8-4-12/h11-12,14H,3-10H2,1-2H3. The Morgan fingerprint density at radius 1 is 1.44 bits per heavy atom. The van der Waals surface area contributed by atoms with Crippen LogP contribution >= 0.6 is 0 Å². The second-order valence-corrected chi connectivity index (χ2v) is 5.47. The summed E-state index contributed by atoms with van der Waals surface area (Å²) in [6.07, 6.45) is 2.55. The van der Waals surface area contributed by atoms with Gasteiger partial charge in [-0.25, -0.2) is 0 Å². The molecule has 0 aromatic rings. The number of piperazine rings is 1. The first-order chi connectivity index (χ1) is 8.66. The zero-order chi connectivity index (χ0) is 13.0. The summed E-state index contributed by atoms with van der Waals surface area (Å²) >= 11 is 0. The predicted octanol–water partition coefficient (Wildman–Crippen LogP) is -0.0825. The van der Waals surface area contributed by atoms with Crippen LogP contribution in [0.15, 0.2) is 0 Å². The molecule has 18 heavy (non-hydrogen) atoms. The maximum atomic E-state index is 12.2. The number of nitrogens with one attached hydrogen (secondary N) is 1. The van der Waals surface area contributed by atoms with Gasteiger partial charge in [-0.2, -0.15) is 0 Å². The monoisotopic (exact) mass is 255 g/mol. The number of ether oxygens (including phenoxy) is 1. The van der Waals surface area contributed by atoms with Gasteiger partial charge in [0.1, 0.15) is 0 Å². The van der Waals surface area contributed by atoms with Crippen LogP contribution in [-0.4, -0.2) is 74.7 Å². The second-order valence-electron chi connectivity index (χ2n) is 5.47. The minimum absolute atomic E-state index is 0.259. The molecule has 0 saturated carbocycles. The Labute approximate surface area is 109 Å². The lowest BCUT2D eigenvalue weighted by Crippen LogP contribution is -2.51. The average molecular weight is 255 g/mol. The molecule has 0 aromatic heterocycles. The highest BCUT2D eigenvalue weighted by atomic mass is 16.5. The van der Waals surface area contributed by atoms with Crippen molar-refractivity contribution < 1.29 is 9.53 Å². The molecule has 0 spiro atoms. The molecule has 1 atom stereocenters. The summed E-state index contributed by atoms with van der Waals surface area (Å²) in [6.45, 7) is 4.59. The van der Waals surface area contributed by atoms with Crippen molar-refractivity contribution in [2.45, 2.75) is 31.3 Å². The van der Waals surface area contributed by atoms with Crippen LogP contribution in [0.25, 0.3) is 0 Å². The second kappa shape index (κ2) is 6.50. The summed E-state index contributed by atoms with van der Waals surface area (Å²) in [5, 5.41) is 3.42. The smallest absolute Gasteiger partial charge is 0.224 e. The molecule has 0 bridgehead atoms. The molecule has 1 N–H and O–H groups in total. The molecule has 1 amide bonds. The molecule has 5 nitrogen and oxygen atoms in total. The first kappa shape index (κ1) is 13.8.